The van der Waals surface area contributed by atoms with E-state index in [1.807, 2.05) is 27.7 Å². The largest absolute Gasteiger partial charge is 0.323 e. The van der Waals surface area contributed by atoms with Crippen LogP contribution in [0.1, 0.15) is 72.6 Å². The zero-order valence-corrected chi connectivity index (χ0v) is 22.2. The Kier molecular flexibility index (Phi) is 11.3. The van der Waals surface area contributed by atoms with E-state index in [0.29, 0.717) is 6.04 Å². The van der Waals surface area contributed by atoms with Gasteiger partial charge in [-0.2, -0.15) is 0 Å². The van der Waals surface area contributed by atoms with E-state index < -0.39 is 0 Å². The van der Waals surface area contributed by atoms with Crippen molar-refractivity contribution in [1.82, 2.24) is 4.98 Å². The minimum atomic E-state index is 0.388. The standard InChI is InChI=1S/C28H30N2.2C2H6/c1-4-6-13-23(12-5-2)26-19-25(22-14-8-7-9-15-22)20-28(29-26)30-21(3)18-24-16-10-11-17-27(24)30;2*1-2/h6-17,19-21H,4-5,18H2,1-3H3;2*1-2H3/b13-6-,23-12+;;. The van der Waals surface area contributed by atoms with Gasteiger partial charge in [0.05, 0.1) is 5.69 Å². The van der Waals surface area contributed by atoms with Gasteiger partial charge in [-0.25, -0.2) is 4.98 Å². The molecule has 0 radical (unpaired) electrons. The zero-order chi connectivity index (χ0) is 24.9. The van der Waals surface area contributed by atoms with Gasteiger partial charge in [0.15, 0.2) is 0 Å². The first-order chi connectivity index (χ1) is 16.7. The van der Waals surface area contributed by atoms with Crippen molar-refractivity contribution >= 4 is 17.1 Å². The predicted molar refractivity (Wildman–Crippen MR) is 152 cm³/mol. The molecule has 180 valence electrons. The van der Waals surface area contributed by atoms with Gasteiger partial charge in [0.1, 0.15) is 5.82 Å². The summed E-state index contributed by atoms with van der Waals surface area (Å²) in [5, 5.41) is 0. The molecular weight excluding hydrogens is 412 g/mol. The summed E-state index contributed by atoms with van der Waals surface area (Å²) in [5.41, 5.74) is 7.33. The highest BCUT2D eigenvalue weighted by Crippen LogP contribution is 2.39. The number of rotatable bonds is 6. The highest BCUT2D eigenvalue weighted by molar-refractivity contribution is 5.80. The second-order valence-electron chi connectivity index (χ2n) is 7.90. The Hall–Kier alpha value is -3.13. The molecule has 1 aliphatic rings. The van der Waals surface area contributed by atoms with E-state index in [9.17, 15) is 0 Å². The van der Waals surface area contributed by atoms with Crippen molar-refractivity contribution in [3.05, 3.63) is 96.2 Å². The van der Waals surface area contributed by atoms with Crippen molar-refractivity contribution in [2.45, 2.75) is 73.8 Å². The molecule has 3 aromatic rings. The van der Waals surface area contributed by atoms with Crippen LogP contribution in [0.2, 0.25) is 0 Å². The molecule has 1 unspecified atom stereocenters. The molecule has 34 heavy (non-hydrogen) atoms. The molecule has 1 atom stereocenters. The van der Waals surface area contributed by atoms with Gasteiger partial charge >= 0.3 is 0 Å². The maximum absolute atomic E-state index is 5.17. The predicted octanol–water partition coefficient (Wildman–Crippen LogP) is 9.64. The smallest absolute Gasteiger partial charge is 0.134 e. The Morgan fingerprint density at radius 2 is 1.56 bits per heavy atom. The van der Waals surface area contributed by atoms with Crippen LogP contribution in [0.4, 0.5) is 11.5 Å². The van der Waals surface area contributed by atoms with Crippen LogP contribution in [0.25, 0.3) is 16.7 Å². The molecule has 0 spiro atoms. The van der Waals surface area contributed by atoms with Gasteiger partial charge in [-0.3, -0.25) is 0 Å². The fourth-order valence-corrected chi connectivity index (χ4v) is 4.22. The second-order valence-corrected chi connectivity index (χ2v) is 7.90. The van der Waals surface area contributed by atoms with E-state index in [0.717, 1.165) is 30.8 Å². The highest BCUT2D eigenvalue weighted by Gasteiger charge is 2.28. The van der Waals surface area contributed by atoms with Crippen LogP contribution >= 0.6 is 0 Å². The average molecular weight is 455 g/mol. The topological polar surface area (TPSA) is 16.1 Å². The second kappa shape index (κ2) is 14.2. The van der Waals surface area contributed by atoms with E-state index in [2.05, 4.69) is 111 Å². The summed E-state index contributed by atoms with van der Waals surface area (Å²) in [6.07, 6.45) is 9.75. The first-order valence-electron chi connectivity index (χ1n) is 13.0. The summed E-state index contributed by atoms with van der Waals surface area (Å²) in [4.78, 5) is 7.57. The lowest BCUT2D eigenvalue weighted by Gasteiger charge is -2.25. The van der Waals surface area contributed by atoms with Crippen LogP contribution in [-0.4, -0.2) is 11.0 Å². The summed E-state index contributed by atoms with van der Waals surface area (Å²) in [7, 11) is 0. The molecule has 0 aliphatic carbocycles. The van der Waals surface area contributed by atoms with E-state index in [1.54, 1.807) is 0 Å². The number of pyridine rings is 1. The molecule has 2 nitrogen and oxygen atoms in total. The Labute approximate surface area is 208 Å². The number of nitrogens with zero attached hydrogens (tertiary/aromatic N) is 2. The normalized spacial score (nSPS) is 14.7. The lowest BCUT2D eigenvalue weighted by molar-refractivity contribution is 0.750. The fraction of sp³-hybridized carbons (Fsp3) is 0.344. The Morgan fingerprint density at radius 1 is 0.882 bits per heavy atom. The Morgan fingerprint density at radius 3 is 2.24 bits per heavy atom. The van der Waals surface area contributed by atoms with Gasteiger partial charge in [-0.1, -0.05) is 108 Å². The lowest BCUT2D eigenvalue weighted by atomic mass is 10.0. The zero-order valence-electron chi connectivity index (χ0n) is 22.2. The third-order valence-corrected chi connectivity index (χ3v) is 5.63. The third-order valence-electron chi connectivity index (χ3n) is 5.63. The molecule has 0 N–H and O–H groups in total. The number of allylic oxidation sites excluding steroid dienone is 4. The van der Waals surface area contributed by atoms with Gasteiger partial charge in [0.25, 0.3) is 0 Å². The molecule has 0 saturated carbocycles. The number of fused-ring (bicyclic) bond motifs is 1. The number of aromatic nitrogens is 1. The molecular formula is C32H42N2. The summed E-state index contributed by atoms with van der Waals surface area (Å²) >= 11 is 0. The number of hydrogen-bond donors (Lipinski definition) is 0. The SMILES string of the molecule is CC.CC.CC/C=C\C(=C/CC)c1cc(-c2ccccc2)cc(N2c3ccccc3CC2C)n1. The minimum Gasteiger partial charge on any atom is -0.323 e. The Balaban J connectivity index is 0.000000970. The van der Waals surface area contributed by atoms with Crippen molar-refractivity contribution in [2.75, 3.05) is 4.90 Å². The first-order valence-corrected chi connectivity index (χ1v) is 13.0. The quantitative estimate of drug-likeness (QED) is 0.345. The number of benzene rings is 2. The number of para-hydroxylation sites is 1. The van der Waals surface area contributed by atoms with Crippen LogP contribution in [-0.2, 0) is 6.42 Å². The number of anilines is 2. The third kappa shape index (κ3) is 6.47. The number of hydrogen-bond acceptors (Lipinski definition) is 2. The van der Waals surface area contributed by atoms with Crippen molar-refractivity contribution in [1.29, 1.82) is 0 Å². The maximum atomic E-state index is 5.17. The lowest BCUT2D eigenvalue weighted by Crippen LogP contribution is -2.25. The summed E-state index contributed by atoms with van der Waals surface area (Å²) < 4.78 is 0. The molecule has 1 aromatic heterocycles. The molecule has 2 aromatic carbocycles. The highest BCUT2D eigenvalue weighted by atomic mass is 15.2. The molecule has 0 fully saturated rings. The van der Waals surface area contributed by atoms with Gasteiger partial charge in [0.2, 0.25) is 0 Å². The van der Waals surface area contributed by atoms with Crippen molar-refractivity contribution < 1.29 is 0 Å². The molecule has 2 heteroatoms. The van der Waals surface area contributed by atoms with Crippen LogP contribution < -0.4 is 4.90 Å². The van der Waals surface area contributed by atoms with Crippen LogP contribution in [0.15, 0.2) is 85.0 Å². The molecule has 2 heterocycles. The summed E-state index contributed by atoms with van der Waals surface area (Å²) in [6.45, 7) is 14.6. The van der Waals surface area contributed by atoms with E-state index in [1.165, 1.54) is 28.0 Å². The molecule has 4 rings (SSSR count). The van der Waals surface area contributed by atoms with Crippen LogP contribution in [0.5, 0.6) is 0 Å². The van der Waals surface area contributed by atoms with Gasteiger partial charge < -0.3 is 4.90 Å². The summed E-state index contributed by atoms with van der Waals surface area (Å²) in [5.74, 6) is 1.02. The van der Waals surface area contributed by atoms with Gasteiger partial charge in [0, 0.05) is 11.7 Å². The minimum absolute atomic E-state index is 0.388. The first kappa shape index (κ1) is 27.1. The van der Waals surface area contributed by atoms with Crippen molar-refractivity contribution in [3.63, 3.8) is 0 Å². The maximum Gasteiger partial charge on any atom is 0.134 e. The molecule has 0 amide bonds. The monoisotopic (exact) mass is 454 g/mol. The van der Waals surface area contributed by atoms with Crippen LogP contribution in [0, 0.1) is 0 Å². The van der Waals surface area contributed by atoms with Crippen LogP contribution in [0.3, 0.4) is 0 Å². The Bertz CT molecular complexity index is 1060. The van der Waals surface area contributed by atoms with E-state index in [-0.39, 0.29) is 0 Å². The average Bonchev–Trinajstić information content (AvgIpc) is 3.24. The van der Waals surface area contributed by atoms with Gasteiger partial charge in [-0.05, 0) is 66.6 Å². The van der Waals surface area contributed by atoms with E-state index in [4.69, 9.17) is 4.98 Å². The molecule has 1 aliphatic heterocycles. The fourth-order valence-electron chi connectivity index (χ4n) is 4.22. The van der Waals surface area contributed by atoms with Gasteiger partial charge in [-0.15, -0.1) is 0 Å². The van der Waals surface area contributed by atoms with Crippen molar-refractivity contribution in [3.8, 4) is 11.1 Å². The van der Waals surface area contributed by atoms with E-state index >= 15 is 0 Å². The molecule has 0 saturated heterocycles. The summed E-state index contributed by atoms with van der Waals surface area (Å²) in [6, 6.07) is 24.2. The van der Waals surface area contributed by atoms with Crippen molar-refractivity contribution in [2.24, 2.45) is 0 Å². The molecule has 0 bridgehead atoms.